The van der Waals surface area contributed by atoms with E-state index in [0.29, 0.717) is 11.3 Å². The molecule has 0 aliphatic carbocycles. The molecule has 0 aliphatic heterocycles. The molecule has 0 fully saturated rings. The maximum atomic E-state index is 10.8. The molecule has 2 aromatic rings. The highest BCUT2D eigenvalue weighted by Gasteiger charge is 2.11. The lowest BCUT2D eigenvalue weighted by atomic mass is 10.2. The number of rotatable bonds is 2. The van der Waals surface area contributed by atoms with E-state index in [1.165, 1.54) is 0 Å². The van der Waals surface area contributed by atoms with Crippen molar-refractivity contribution in [1.29, 1.82) is 0 Å². The Morgan fingerprint density at radius 1 is 1.50 bits per heavy atom. The van der Waals surface area contributed by atoms with E-state index in [1.807, 2.05) is 12.3 Å². The molecule has 0 saturated heterocycles. The standard InChI is InChI=1S/C10H10N2O2/c1-6-8(10(13)14)4-9(12-6)7-2-3-11-5-7/h2-5,11-12H,1H3,(H,13,14). The summed E-state index contributed by atoms with van der Waals surface area (Å²) in [4.78, 5) is 16.7. The molecule has 0 aliphatic rings. The number of hydrogen-bond donors (Lipinski definition) is 3. The quantitative estimate of drug-likeness (QED) is 0.678. The number of nitrogens with one attached hydrogen (secondary N) is 2. The van der Waals surface area contributed by atoms with Gasteiger partial charge in [-0.3, -0.25) is 0 Å². The van der Waals surface area contributed by atoms with E-state index in [9.17, 15) is 4.79 Å². The number of aromatic carboxylic acids is 1. The summed E-state index contributed by atoms with van der Waals surface area (Å²) in [6, 6.07) is 3.53. The number of carboxylic acids is 1. The maximum Gasteiger partial charge on any atom is 0.337 e. The monoisotopic (exact) mass is 190 g/mol. The highest BCUT2D eigenvalue weighted by atomic mass is 16.4. The number of aromatic amines is 2. The largest absolute Gasteiger partial charge is 0.478 e. The van der Waals surface area contributed by atoms with Crippen LogP contribution < -0.4 is 0 Å². The fourth-order valence-electron chi connectivity index (χ4n) is 1.43. The third kappa shape index (κ3) is 1.31. The van der Waals surface area contributed by atoms with Gasteiger partial charge >= 0.3 is 5.97 Å². The van der Waals surface area contributed by atoms with Crippen LogP contribution in [0.1, 0.15) is 16.1 Å². The number of hydrogen-bond acceptors (Lipinski definition) is 1. The van der Waals surface area contributed by atoms with Crippen molar-refractivity contribution in [2.45, 2.75) is 6.92 Å². The van der Waals surface area contributed by atoms with Gasteiger partial charge in [-0.1, -0.05) is 0 Å². The van der Waals surface area contributed by atoms with Gasteiger partial charge in [0.2, 0.25) is 0 Å². The molecule has 0 unspecified atom stereocenters. The Morgan fingerprint density at radius 2 is 2.29 bits per heavy atom. The Kier molecular flexibility index (Phi) is 1.89. The first-order valence-electron chi connectivity index (χ1n) is 4.24. The summed E-state index contributed by atoms with van der Waals surface area (Å²) < 4.78 is 0. The minimum absolute atomic E-state index is 0.321. The molecule has 3 N–H and O–H groups in total. The third-order valence-electron chi connectivity index (χ3n) is 2.15. The second kappa shape index (κ2) is 3.06. The van der Waals surface area contributed by atoms with Gasteiger partial charge in [0, 0.05) is 29.3 Å². The van der Waals surface area contributed by atoms with Gasteiger partial charge in [0.05, 0.1) is 5.56 Å². The lowest BCUT2D eigenvalue weighted by Crippen LogP contribution is -1.95. The molecule has 14 heavy (non-hydrogen) atoms. The predicted molar refractivity (Wildman–Crippen MR) is 52.3 cm³/mol. The normalized spacial score (nSPS) is 10.4. The van der Waals surface area contributed by atoms with Gasteiger partial charge < -0.3 is 15.1 Å². The SMILES string of the molecule is Cc1[nH]c(-c2cc[nH]c2)cc1C(=O)O. The smallest absolute Gasteiger partial charge is 0.337 e. The number of aryl methyl sites for hydroxylation is 1. The van der Waals surface area contributed by atoms with Crippen LogP contribution >= 0.6 is 0 Å². The van der Waals surface area contributed by atoms with E-state index < -0.39 is 5.97 Å². The summed E-state index contributed by atoms with van der Waals surface area (Å²) in [5.41, 5.74) is 2.77. The Bertz CT molecular complexity index is 454. The molecule has 0 aromatic carbocycles. The van der Waals surface area contributed by atoms with Crippen molar-refractivity contribution in [3.63, 3.8) is 0 Å². The zero-order valence-electron chi connectivity index (χ0n) is 7.66. The summed E-state index contributed by atoms with van der Waals surface area (Å²) in [7, 11) is 0. The van der Waals surface area contributed by atoms with Gasteiger partial charge in [-0.25, -0.2) is 4.79 Å². The molecule has 0 radical (unpaired) electrons. The van der Waals surface area contributed by atoms with E-state index in [4.69, 9.17) is 5.11 Å². The third-order valence-corrected chi connectivity index (χ3v) is 2.15. The molecule has 4 nitrogen and oxygen atoms in total. The van der Waals surface area contributed by atoms with Crippen molar-refractivity contribution in [2.75, 3.05) is 0 Å². The van der Waals surface area contributed by atoms with Crippen molar-refractivity contribution >= 4 is 5.97 Å². The minimum atomic E-state index is -0.902. The number of H-pyrrole nitrogens is 2. The molecule has 72 valence electrons. The number of carboxylic acid groups (broad SMARTS) is 1. The van der Waals surface area contributed by atoms with E-state index >= 15 is 0 Å². The molecule has 0 bridgehead atoms. The Balaban J connectivity index is 2.48. The Hall–Kier alpha value is -1.97. The van der Waals surface area contributed by atoms with Crippen LogP contribution in [-0.2, 0) is 0 Å². The molecule has 4 heteroatoms. The average molecular weight is 190 g/mol. The number of aromatic nitrogens is 2. The Morgan fingerprint density at radius 3 is 2.79 bits per heavy atom. The van der Waals surface area contributed by atoms with Crippen LogP contribution in [0, 0.1) is 6.92 Å². The molecular formula is C10H10N2O2. The van der Waals surface area contributed by atoms with E-state index in [-0.39, 0.29) is 0 Å². The lowest BCUT2D eigenvalue weighted by Gasteiger charge is -1.89. The maximum absolute atomic E-state index is 10.8. The first-order chi connectivity index (χ1) is 6.68. The Labute approximate surface area is 80.6 Å². The van der Waals surface area contributed by atoms with Gasteiger partial charge in [0.15, 0.2) is 0 Å². The second-order valence-corrected chi connectivity index (χ2v) is 3.13. The van der Waals surface area contributed by atoms with Crippen LogP contribution in [0.25, 0.3) is 11.3 Å². The van der Waals surface area contributed by atoms with Crippen molar-refractivity contribution in [3.8, 4) is 11.3 Å². The minimum Gasteiger partial charge on any atom is -0.478 e. The van der Waals surface area contributed by atoms with Gasteiger partial charge in [-0.05, 0) is 19.1 Å². The van der Waals surface area contributed by atoms with Crippen LogP contribution in [0.15, 0.2) is 24.5 Å². The average Bonchev–Trinajstić information content (AvgIpc) is 2.70. The first-order valence-corrected chi connectivity index (χ1v) is 4.24. The zero-order chi connectivity index (χ0) is 10.1. The molecule has 2 rings (SSSR count). The summed E-state index contributed by atoms with van der Waals surface area (Å²) in [6.07, 6.45) is 3.61. The van der Waals surface area contributed by atoms with Crippen molar-refractivity contribution in [1.82, 2.24) is 9.97 Å². The van der Waals surface area contributed by atoms with Crippen LogP contribution in [0.3, 0.4) is 0 Å². The fourth-order valence-corrected chi connectivity index (χ4v) is 1.43. The van der Waals surface area contributed by atoms with E-state index in [0.717, 1.165) is 11.3 Å². The molecule has 0 atom stereocenters. The highest BCUT2D eigenvalue weighted by molar-refractivity contribution is 5.90. The van der Waals surface area contributed by atoms with Gasteiger partial charge in [0.1, 0.15) is 0 Å². The second-order valence-electron chi connectivity index (χ2n) is 3.13. The molecule has 0 amide bonds. The molecule has 0 spiro atoms. The van der Waals surface area contributed by atoms with E-state index in [2.05, 4.69) is 9.97 Å². The topological polar surface area (TPSA) is 68.9 Å². The van der Waals surface area contributed by atoms with Crippen molar-refractivity contribution in [2.24, 2.45) is 0 Å². The molecule has 0 saturated carbocycles. The summed E-state index contributed by atoms with van der Waals surface area (Å²) in [6.45, 7) is 1.75. The zero-order valence-corrected chi connectivity index (χ0v) is 7.66. The summed E-state index contributed by atoms with van der Waals surface area (Å²) in [5.74, 6) is -0.902. The van der Waals surface area contributed by atoms with Crippen molar-refractivity contribution < 1.29 is 9.90 Å². The van der Waals surface area contributed by atoms with Gasteiger partial charge in [0.25, 0.3) is 0 Å². The van der Waals surface area contributed by atoms with Crippen LogP contribution in [0.4, 0.5) is 0 Å². The number of carbonyl (C=O) groups is 1. The van der Waals surface area contributed by atoms with Gasteiger partial charge in [-0.15, -0.1) is 0 Å². The van der Waals surface area contributed by atoms with Crippen LogP contribution in [0.5, 0.6) is 0 Å². The van der Waals surface area contributed by atoms with Gasteiger partial charge in [-0.2, -0.15) is 0 Å². The summed E-state index contributed by atoms with van der Waals surface area (Å²) >= 11 is 0. The molecular weight excluding hydrogens is 180 g/mol. The summed E-state index contributed by atoms with van der Waals surface area (Å²) in [5, 5.41) is 8.85. The van der Waals surface area contributed by atoms with Crippen molar-refractivity contribution in [3.05, 3.63) is 35.8 Å². The fraction of sp³-hybridized carbons (Fsp3) is 0.100. The van der Waals surface area contributed by atoms with Crippen LogP contribution in [0.2, 0.25) is 0 Å². The molecule has 2 heterocycles. The van der Waals surface area contributed by atoms with E-state index in [1.54, 1.807) is 19.2 Å². The lowest BCUT2D eigenvalue weighted by molar-refractivity contribution is 0.0696. The van der Waals surface area contributed by atoms with Crippen LogP contribution in [-0.4, -0.2) is 21.0 Å². The highest BCUT2D eigenvalue weighted by Crippen LogP contribution is 2.20. The predicted octanol–water partition coefficient (Wildman–Crippen LogP) is 2.02. The first kappa shape index (κ1) is 8.62. The molecule has 2 aromatic heterocycles.